The topological polar surface area (TPSA) is 77.3 Å². The lowest BCUT2D eigenvalue weighted by Crippen LogP contribution is -1.99. The average Bonchev–Trinajstić information content (AvgIpc) is 2.01. The summed E-state index contributed by atoms with van der Waals surface area (Å²) in [6.45, 7) is 0. The fourth-order valence-electron chi connectivity index (χ4n) is 0.839. The van der Waals surface area contributed by atoms with Crippen LogP contribution in [0.2, 0.25) is 0 Å². The van der Waals surface area contributed by atoms with E-state index in [4.69, 9.17) is 0 Å². The highest BCUT2D eigenvalue weighted by Crippen LogP contribution is 2.25. The molecule has 0 radical (unpaired) electrons. The largest absolute Gasteiger partial charge is 0.338 e. The molecule has 0 aliphatic carbocycles. The van der Waals surface area contributed by atoms with Gasteiger partial charge in [-0.25, -0.2) is 4.39 Å². The summed E-state index contributed by atoms with van der Waals surface area (Å²) in [6, 6.07) is 1.47. The van der Waals surface area contributed by atoms with E-state index in [1.54, 1.807) is 0 Å². The third kappa shape index (κ3) is 2.02. The average molecular weight is 223 g/mol. The minimum Gasteiger partial charge on any atom is -0.258 e. The lowest BCUT2D eigenvalue weighted by atomic mass is 10.3. The number of nitro benzene ring substituents is 1. The first-order chi connectivity index (χ1) is 6.32. The molecular formula is C6H3F2NO4S. The number of rotatable bonds is 2. The Kier molecular flexibility index (Phi) is 2.47. The van der Waals surface area contributed by atoms with Gasteiger partial charge in [-0.05, 0) is 12.1 Å². The molecule has 0 atom stereocenters. The van der Waals surface area contributed by atoms with Crippen molar-refractivity contribution in [2.75, 3.05) is 0 Å². The Labute approximate surface area is 77.3 Å². The maximum Gasteiger partial charge on any atom is 0.338 e. The van der Waals surface area contributed by atoms with Gasteiger partial charge in [0.05, 0.1) is 11.0 Å². The fraction of sp³-hybridized carbons (Fsp3) is 0. The van der Waals surface area contributed by atoms with Crippen molar-refractivity contribution in [3.05, 3.63) is 34.1 Å². The number of hydrogen-bond acceptors (Lipinski definition) is 4. The van der Waals surface area contributed by atoms with Gasteiger partial charge in [0, 0.05) is 0 Å². The van der Waals surface area contributed by atoms with E-state index in [0.29, 0.717) is 18.2 Å². The first kappa shape index (κ1) is 10.5. The Hall–Kier alpha value is -1.57. The van der Waals surface area contributed by atoms with Crippen LogP contribution < -0.4 is 0 Å². The monoisotopic (exact) mass is 223 g/mol. The van der Waals surface area contributed by atoms with Gasteiger partial charge in [-0.3, -0.25) is 10.1 Å². The van der Waals surface area contributed by atoms with Crippen molar-refractivity contribution in [2.24, 2.45) is 0 Å². The molecule has 0 N–H and O–H groups in total. The summed E-state index contributed by atoms with van der Waals surface area (Å²) in [5.74, 6) is -1.01. The molecule has 0 aromatic heterocycles. The van der Waals surface area contributed by atoms with Crippen molar-refractivity contribution in [3.8, 4) is 0 Å². The molecule has 76 valence electrons. The molecule has 14 heavy (non-hydrogen) atoms. The zero-order chi connectivity index (χ0) is 10.9. The first-order valence-corrected chi connectivity index (χ1v) is 4.59. The smallest absolute Gasteiger partial charge is 0.258 e. The molecule has 0 unspecified atom stereocenters. The highest BCUT2D eigenvalue weighted by Gasteiger charge is 2.25. The van der Waals surface area contributed by atoms with Crippen LogP contribution in [0.1, 0.15) is 0 Å². The molecule has 1 rings (SSSR count). The van der Waals surface area contributed by atoms with Gasteiger partial charge in [0.25, 0.3) is 5.69 Å². The van der Waals surface area contributed by atoms with Gasteiger partial charge in [0.15, 0.2) is 4.90 Å². The predicted molar refractivity (Wildman–Crippen MR) is 41.3 cm³/mol. The SMILES string of the molecule is O=[N+]([O-])c1cc(F)ccc1S(=O)(=O)F. The molecule has 0 spiro atoms. The summed E-state index contributed by atoms with van der Waals surface area (Å²) >= 11 is 0. The Morgan fingerprint density at radius 1 is 1.36 bits per heavy atom. The molecule has 1 aromatic carbocycles. The second kappa shape index (κ2) is 3.29. The summed E-state index contributed by atoms with van der Waals surface area (Å²) < 4.78 is 45.6. The first-order valence-electron chi connectivity index (χ1n) is 3.21. The molecule has 0 aliphatic rings. The van der Waals surface area contributed by atoms with Crippen molar-refractivity contribution in [3.63, 3.8) is 0 Å². The lowest BCUT2D eigenvalue weighted by molar-refractivity contribution is -0.388. The van der Waals surface area contributed by atoms with E-state index in [-0.39, 0.29) is 0 Å². The van der Waals surface area contributed by atoms with Gasteiger partial charge < -0.3 is 0 Å². The van der Waals surface area contributed by atoms with Crippen LogP contribution in [0.5, 0.6) is 0 Å². The molecular weight excluding hydrogens is 220 g/mol. The zero-order valence-electron chi connectivity index (χ0n) is 6.48. The van der Waals surface area contributed by atoms with Gasteiger partial charge in [0.1, 0.15) is 5.82 Å². The van der Waals surface area contributed by atoms with Gasteiger partial charge in [-0.15, -0.1) is 3.89 Å². The van der Waals surface area contributed by atoms with Crippen LogP contribution in [0.15, 0.2) is 23.1 Å². The summed E-state index contributed by atoms with van der Waals surface area (Å²) in [6.07, 6.45) is 0. The number of nitrogens with zero attached hydrogens (tertiary/aromatic N) is 1. The third-order valence-corrected chi connectivity index (χ3v) is 2.25. The van der Waals surface area contributed by atoms with Crippen molar-refractivity contribution >= 4 is 15.9 Å². The number of halogens is 2. The number of nitro groups is 1. The van der Waals surface area contributed by atoms with Crippen LogP contribution in [-0.4, -0.2) is 13.3 Å². The third-order valence-electron chi connectivity index (χ3n) is 1.38. The Morgan fingerprint density at radius 3 is 2.36 bits per heavy atom. The van der Waals surface area contributed by atoms with Crippen LogP contribution in [0, 0.1) is 15.9 Å². The Balaban J connectivity index is 3.53. The molecule has 1 aromatic rings. The molecule has 0 aliphatic heterocycles. The van der Waals surface area contributed by atoms with E-state index < -0.39 is 31.5 Å². The van der Waals surface area contributed by atoms with Gasteiger partial charge in [0.2, 0.25) is 0 Å². The van der Waals surface area contributed by atoms with E-state index in [2.05, 4.69) is 0 Å². The fourth-order valence-corrected chi connectivity index (χ4v) is 1.45. The van der Waals surface area contributed by atoms with Gasteiger partial charge in [-0.2, -0.15) is 8.42 Å². The second-order valence-corrected chi connectivity index (χ2v) is 3.62. The summed E-state index contributed by atoms with van der Waals surface area (Å²) in [7, 11) is -5.20. The number of benzene rings is 1. The van der Waals surface area contributed by atoms with Gasteiger partial charge in [-0.1, -0.05) is 0 Å². The van der Waals surface area contributed by atoms with Crippen LogP contribution in [0.3, 0.4) is 0 Å². The minimum atomic E-state index is -5.20. The summed E-state index contributed by atoms with van der Waals surface area (Å²) in [4.78, 5) is 7.91. The normalized spacial score (nSPS) is 11.3. The maximum atomic E-state index is 12.5. The van der Waals surface area contributed by atoms with E-state index in [1.165, 1.54) is 0 Å². The van der Waals surface area contributed by atoms with E-state index in [1.807, 2.05) is 0 Å². The molecule has 0 amide bonds. The van der Waals surface area contributed by atoms with Crippen molar-refractivity contribution in [2.45, 2.75) is 4.90 Å². The van der Waals surface area contributed by atoms with Crippen molar-refractivity contribution in [1.82, 2.24) is 0 Å². The van der Waals surface area contributed by atoms with Crippen LogP contribution in [0.4, 0.5) is 14.0 Å². The standard InChI is InChI=1S/C6H3F2NO4S/c7-4-1-2-6(14(8,12)13)5(3-4)9(10)11/h1-3H. The molecule has 8 heteroatoms. The van der Waals surface area contributed by atoms with E-state index >= 15 is 0 Å². The zero-order valence-corrected chi connectivity index (χ0v) is 7.29. The van der Waals surface area contributed by atoms with E-state index in [9.17, 15) is 26.8 Å². The van der Waals surface area contributed by atoms with Crippen LogP contribution in [-0.2, 0) is 10.2 Å². The summed E-state index contributed by atoms with van der Waals surface area (Å²) in [5, 5.41) is 10.2. The number of hydrogen-bond donors (Lipinski definition) is 0. The molecule has 0 bridgehead atoms. The van der Waals surface area contributed by atoms with Gasteiger partial charge >= 0.3 is 10.2 Å². The minimum absolute atomic E-state index is 0.340. The van der Waals surface area contributed by atoms with E-state index in [0.717, 1.165) is 0 Å². The molecule has 0 saturated carbocycles. The second-order valence-electron chi connectivity index (χ2n) is 2.31. The highest BCUT2D eigenvalue weighted by atomic mass is 32.3. The highest BCUT2D eigenvalue weighted by molar-refractivity contribution is 7.86. The van der Waals surface area contributed by atoms with Crippen LogP contribution >= 0.6 is 0 Å². The molecule has 0 heterocycles. The Morgan fingerprint density at radius 2 is 1.93 bits per heavy atom. The quantitative estimate of drug-likeness (QED) is 0.431. The van der Waals surface area contributed by atoms with Crippen LogP contribution in [0.25, 0.3) is 0 Å². The molecule has 0 saturated heterocycles. The Bertz CT molecular complexity index is 485. The lowest BCUT2D eigenvalue weighted by Gasteiger charge is -1.97. The summed E-state index contributed by atoms with van der Waals surface area (Å²) in [5.41, 5.74) is -1.12. The predicted octanol–water partition coefficient (Wildman–Crippen LogP) is 1.39. The van der Waals surface area contributed by atoms with Crippen molar-refractivity contribution in [1.29, 1.82) is 0 Å². The maximum absolute atomic E-state index is 12.5. The molecule has 5 nitrogen and oxygen atoms in total. The molecule has 0 fully saturated rings. The van der Waals surface area contributed by atoms with Crippen molar-refractivity contribution < 1.29 is 21.6 Å².